The average molecular weight is 314 g/mol. The normalized spacial score (nSPS) is 11.2. The van der Waals surface area contributed by atoms with Crippen LogP contribution in [0, 0.1) is 5.82 Å². The summed E-state index contributed by atoms with van der Waals surface area (Å²) in [6.07, 6.45) is 3.32. The first-order valence-electron chi connectivity index (χ1n) is 6.52. The van der Waals surface area contributed by atoms with Crippen LogP contribution in [0.1, 0.15) is 0 Å². The van der Waals surface area contributed by atoms with E-state index in [1.54, 1.807) is 24.5 Å². The van der Waals surface area contributed by atoms with Crippen molar-refractivity contribution in [3.63, 3.8) is 0 Å². The van der Waals surface area contributed by atoms with Gasteiger partial charge in [0.25, 0.3) is 0 Å². The standard InChI is InChI=1S/C15H9ClFN5/c16-15-21-13-10(2-1-4-19-13)14(22-15)20-9-6-8-3-5-18-12(8)11(17)7-9/h1-7,18H,(H,19,20,21,22). The highest BCUT2D eigenvalue weighted by Gasteiger charge is 2.10. The molecule has 5 nitrogen and oxygen atoms in total. The fourth-order valence-corrected chi connectivity index (χ4v) is 2.53. The van der Waals surface area contributed by atoms with Gasteiger partial charge in [-0.3, -0.25) is 0 Å². The van der Waals surface area contributed by atoms with Gasteiger partial charge in [-0.25, -0.2) is 9.37 Å². The Bertz CT molecular complexity index is 998. The number of nitrogens with zero attached hydrogens (tertiary/aromatic N) is 3. The quantitative estimate of drug-likeness (QED) is 0.548. The predicted octanol–water partition coefficient (Wildman–Crippen LogP) is 4.04. The van der Waals surface area contributed by atoms with E-state index in [-0.39, 0.29) is 11.1 Å². The summed E-state index contributed by atoms with van der Waals surface area (Å²) >= 11 is 5.92. The van der Waals surface area contributed by atoms with E-state index in [2.05, 4.69) is 25.3 Å². The molecule has 0 fully saturated rings. The molecule has 3 heterocycles. The van der Waals surface area contributed by atoms with Crippen LogP contribution >= 0.6 is 11.6 Å². The molecule has 0 unspecified atom stereocenters. The van der Waals surface area contributed by atoms with Crippen molar-refractivity contribution in [1.82, 2.24) is 19.9 Å². The van der Waals surface area contributed by atoms with Crippen LogP contribution in [0.15, 0.2) is 42.7 Å². The Labute approximate surface area is 129 Å². The van der Waals surface area contributed by atoms with Crippen LogP contribution < -0.4 is 5.32 Å². The van der Waals surface area contributed by atoms with E-state index in [4.69, 9.17) is 11.6 Å². The number of rotatable bonds is 2. The third-order valence-corrected chi connectivity index (χ3v) is 3.49. The van der Waals surface area contributed by atoms with E-state index in [9.17, 15) is 4.39 Å². The second kappa shape index (κ2) is 4.92. The fourth-order valence-electron chi connectivity index (χ4n) is 2.37. The maximum atomic E-state index is 14.0. The minimum atomic E-state index is -0.340. The number of hydrogen-bond acceptors (Lipinski definition) is 4. The summed E-state index contributed by atoms with van der Waals surface area (Å²) in [5.41, 5.74) is 1.52. The molecule has 0 aliphatic heterocycles. The second-order valence-corrected chi connectivity index (χ2v) is 5.08. The molecule has 0 bridgehead atoms. The Kier molecular flexibility index (Phi) is 2.90. The molecule has 2 N–H and O–H groups in total. The summed E-state index contributed by atoms with van der Waals surface area (Å²) in [4.78, 5) is 15.2. The number of H-pyrrole nitrogens is 1. The molecule has 0 aliphatic rings. The molecule has 0 spiro atoms. The van der Waals surface area contributed by atoms with Crippen molar-refractivity contribution in [2.24, 2.45) is 0 Å². The number of fused-ring (bicyclic) bond motifs is 2. The first-order valence-corrected chi connectivity index (χ1v) is 6.90. The van der Waals surface area contributed by atoms with Crippen LogP contribution in [0.5, 0.6) is 0 Å². The molecular formula is C15H9ClFN5. The Morgan fingerprint density at radius 1 is 1.18 bits per heavy atom. The maximum Gasteiger partial charge on any atom is 0.226 e. The molecule has 0 radical (unpaired) electrons. The number of halogens is 2. The molecule has 22 heavy (non-hydrogen) atoms. The Morgan fingerprint density at radius 2 is 2.09 bits per heavy atom. The van der Waals surface area contributed by atoms with Gasteiger partial charge in [-0.1, -0.05) is 0 Å². The monoisotopic (exact) mass is 313 g/mol. The minimum absolute atomic E-state index is 0.0805. The summed E-state index contributed by atoms with van der Waals surface area (Å²) in [6, 6.07) is 8.63. The lowest BCUT2D eigenvalue weighted by Crippen LogP contribution is -1.98. The molecule has 0 aliphatic carbocycles. The number of aromatic nitrogens is 4. The van der Waals surface area contributed by atoms with E-state index in [0.717, 1.165) is 5.39 Å². The van der Waals surface area contributed by atoms with Gasteiger partial charge in [0, 0.05) is 23.5 Å². The molecule has 4 rings (SSSR count). The number of pyridine rings is 1. The van der Waals surface area contributed by atoms with Crippen LogP contribution in [0.25, 0.3) is 21.9 Å². The van der Waals surface area contributed by atoms with Crippen LogP contribution in [-0.4, -0.2) is 19.9 Å². The lowest BCUT2D eigenvalue weighted by Gasteiger charge is -2.09. The third kappa shape index (κ3) is 2.14. The zero-order chi connectivity index (χ0) is 15.1. The zero-order valence-electron chi connectivity index (χ0n) is 11.1. The average Bonchev–Trinajstić information content (AvgIpc) is 2.96. The van der Waals surface area contributed by atoms with E-state index < -0.39 is 0 Å². The van der Waals surface area contributed by atoms with Crippen LogP contribution in [0.2, 0.25) is 5.28 Å². The lowest BCUT2D eigenvalue weighted by molar-refractivity contribution is 0.638. The van der Waals surface area contributed by atoms with Gasteiger partial charge >= 0.3 is 0 Å². The molecule has 3 aromatic heterocycles. The summed E-state index contributed by atoms with van der Waals surface area (Å²) in [5, 5.41) is 4.64. The molecule has 0 saturated heterocycles. The maximum absolute atomic E-state index is 14.0. The predicted molar refractivity (Wildman–Crippen MR) is 83.9 cm³/mol. The van der Waals surface area contributed by atoms with E-state index in [1.807, 2.05) is 12.1 Å². The topological polar surface area (TPSA) is 66.5 Å². The second-order valence-electron chi connectivity index (χ2n) is 4.74. The van der Waals surface area contributed by atoms with E-state index >= 15 is 0 Å². The molecule has 4 aromatic rings. The SMILES string of the molecule is Fc1cc(Nc2nc(Cl)nc3ncccc23)cc2cc[nH]c12. The van der Waals surface area contributed by atoms with Gasteiger partial charge in [-0.15, -0.1) is 0 Å². The van der Waals surface area contributed by atoms with Crippen molar-refractivity contribution < 1.29 is 4.39 Å². The molecule has 0 amide bonds. The zero-order valence-corrected chi connectivity index (χ0v) is 11.9. The number of anilines is 2. The lowest BCUT2D eigenvalue weighted by atomic mass is 10.2. The third-order valence-electron chi connectivity index (χ3n) is 3.32. The van der Waals surface area contributed by atoms with Crippen molar-refractivity contribution in [2.45, 2.75) is 0 Å². The molecule has 0 atom stereocenters. The van der Waals surface area contributed by atoms with Crippen molar-refractivity contribution in [1.29, 1.82) is 0 Å². The molecule has 108 valence electrons. The molecule has 7 heteroatoms. The number of benzene rings is 1. The first-order chi connectivity index (χ1) is 10.7. The van der Waals surface area contributed by atoms with E-state index in [0.29, 0.717) is 28.1 Å². The molecule has 0 saturated carbocycles. The van der Waals surface area contributed by atoms with Crippen molar-refractivity contribution in [3.8, 4) is 0 Å². The molecular weight excluding hydrogens is 305 g/mol. The number of hydrogen-bond donors (Lipinski definition) is 2. The van der Waals surface area contributed by atoms with Gasteiger partial charge < -0.3 is 10.3 Å². The number of nitrogens with one attached hydrogen (secondary N) is 2. The van der Waals surface area contributed by atoms with E-state index in [1.165, 1.54) is 6.07 Å². The van der Waals surface area contributed by atoms with Gasteiger partial charge in [-0.05, 0) is 41.9 Å². The molecule has 1 aromatic carbocycles. The van der Waals surface area contributed by atoms with Gasteiger partial charge in [0.2, 0.25) is 5.28 Å². The van der Waals surface area contributed by atoms with Gasteiger partial charge in [0.15, 0.2) is 5.65 Å². The highest BCUT2D eigenvalue weighted by Crippen LogP contribution is 2.27. The number of aromatic amines is 1. The Morgan fingerprint density at radius 3 is 3.00 bits per heavy atom. The van der Waals surface area contributed by atoms with Crippen molar-refractivity contribution in [3.05, 3.63) is 53.8 Å². The summed E-state index contributed by atoms with van der Waals surface area (Å²) in [6.45, 7) is 0. The Balaban J connectivity index is 1.85. The summed E-state index contributed by atoms with van der Waals surface area (Å²) in [7, 11) is 0. The smallest absolute Gasteiger partial charge is 0.226 e. The van der Waals surface area contributed by atoms with Gasteiger partial charge in [0.05, 0.1) is 10.9 Å². The van der Waals surface area contributed by atoms with Crippen LogP contribution in [0.3, 0.4) is 0 Å². The largest absolute Gasteiger partial charge is 0.359 e. The van der Waals surface area contributed by atoms with Crippen molar-refractivity contribution >= 4 is 45.0 Å². The fraction of sp³-hybridized carbons (Fsp3) is 0. The first kappa shape index (κ1) is 13.0. The van der Waals surface area contributed by atoms with Crippen LogP contribution in [-0.2, 0) is 0 Å². The van der Waals surface area contributed by atoms with Crippen molar-refractivity contribution in [2.75, 3.05) is 5.32 Å². The summed E-state index contributed by atoms with van der Waals surface area (Å²) in [5.74, 6) is 0.143. The minimum Gasteiger partial charge on any atom is -0.359 e. The van der Waals surface area contributed by atoms with Gasteiger partial charge in [-0.2, -0.15) is 9.97 Å². The van der Waals surface area contributed by atoms with Crippen LogP contribution in [0.4, 0.5) is 15.9 Å². The highest BCUT2D eigenvalue weighted by molar-refractivity contribution is 6.28. The highest BCUT2D eigenvalue weighted by atomic mass is 35.5. The summed E-state index contributed by atoms with van der Waals surface area (Å²) < 4.78 is 14.0. The van der Waals surface area contributed by atoms with Gasteiger partial charge in [0.1, 0.15) is 11.6 Å². The Hall–Kier alpha value is -2.73.